The highest BCUT2D eigenvalue weighted by Gasteiger charge is 2.32. The minimum Gasteiger partial charge on any atom is -0.370 e. The Hall–Kier alpha value is -1.75. The number of nitrogens with one attached hydrogen (secondary N) is 1. The quantitative estimate of drug-likeness (QED) is 0.905. The zero-order valence-electron chi connectivity index (χ0n) is 10.4. The van der Waals surface area contributed by atoms with Gasteiger partial charge < -0.3 is 5.32 Å². The highest BCUT2D eigenvalue weighted by Crippen LogP contribution is 2.28. The van der Waals surface area contributed by atoms with Crippen LogP contribution in [0.1, 0.15) is 11.3 Å². The van der Waals surface area contributed by atoms with Crippen LogP contribution in [0.3, 0.4) is 0 Å². The topological polar surface area (TPSA) is 24.9 Å². The first-order valence-corrected chi connectivity index (χ1v) is 6.35. The predicted molar refractivity (Wildman–Crippen MR) is 72.9 cm³/mol. The maximum atomic E-state index is 12.5. The summed E-state index contributed by atoms with van der Waals surface area (Å²) in [6.07, 6.45) is -3.75. The lowest BCUT2D eigenvalue weighted by Crippen LogP contribution is -2.11. The van der Waals surface area contributed by atoms with Gasteiger partial charge in [-0.2, -0.15) is 13.2 Å². The van der Waals surface area contributed by atoms with E-state index in [1.54, 1.807) is 12.1 Å². The van der Waals surface area contributed by atoms with E-state index in [-0.39, 0.29) is 5.82 Å². The van der Waals surface area contributed by atoms with Crippen molar-refractivity contribution in [1.29, 1.82) is 0 Å². The lowest BCUT2D eigenvalue weighted by atomic mass is 10.1. The van der Waals surface area contributed by atoms with Gasteiger partial charge in [0.25, 0.3) is 0 Å². The van der Waals surface area contributed by atoms with E-state index < -0.39 is 11.9 Å². The lowest BCUT2D eigenvalue weighted by Gasteiger charge is -2.09. The number of rotatable bonds is 4. The smallest absolute Gasteiger partial charge is 0.370 e. The molecule has 2 aromatic rings. The summed E-state index contributed by atoms with van der Waals surface area (Å²) < 4.78 is 37.5. The summed E-state index contributed by atoms with van der Waals surface area (Å²) in [5.41, 5.74) is 0.155. The maximum Gasteiger partial charge on any atom is 0.433 e. The molecule has 2 rings (SSSR count). The monoisotopic (exact) mass is 300 g/mol. The second-order valence-electron chi connectivity index (χ2n) is 4.21. The van der Waals surface area contributed by atoms with E-state index in [1.807, 2.05) is 12.1 Å². The average molecular weight is 301 g/mol. The highest BCUT2D eigenvalue weighted by molar-refractivity contribution is 6.30. The third-order valence-electron chi connectivity index (χ3n) is 2.67. The van der Waals surface area contributed by atoms with E-state index in [4.69, 9.17) is 11.6 Å². The predicted octanol–water partition coefficient (Wildman–Crippen LogP) is 4.41. The third-order valence-corrected chi connectivity index (χ3v) is 2.92. The number of hydrogen-bond donors (Lipinski definition) is 1. The van der Waals surface area contributed by atoms with Crippen molar-refractivity contribution in [3.63, 3.8) is 0 Å². The molecule has 1 aromatic heterocycles. The second kappa shape index (κ2) is 6.13. The number of benzene rings is 1. The van der Waals surface area contributed by atoms with Crippen molar-refractivity contribution in [2.45, 2.75) is 12.6 Å². The minimum atomic E-state index is -4.42. The van der Waals surface area contributed by atoms with Crippen LogP contribution in [-0.2, 0) is 12.6 Å². The summed E-state index contributed by atoms with van der Waals surface area (Å²) >= 11 is 5.77. The van der Waals surface area contributed by atoms with Gasteiger partial charge in [-0.15, -0.1) is 0 Å². The van der Waals surface area contributed by atoms with E-state index in [0.29, 0.717) is 18.0 Å². The van der Waals surface area contributed by atoms with Crippen molar-refractivity contribution in [2.75, 3.05) is 11.9 Å². The number of alkyl halides is 3. The Morgan fingerprint density at radius 1 is 1.05 bits per heavy atom. The van der Waals surface area contributed by atoms with Crippen LogP contribution in [0.5, 0.6) is 0 Å². The van der Waals surface area contributed by atoms with Gasteiger partial charge in [-0.1, -0.05) is 29.8 Å². The summed E-state index contributed by atoms with van der Waals surface area (Å²) in [4.78, 5) is 3.53. The zero-order chi connectivity index (χ0) is 14.6. The van der Waals surface area contributed by atoms with Crippen LogP contribution < -0.4 is 5.32 Å². The van der Waals surface area contributed by atoms with Crippen LogP contribution in [0.2, 0.25) is 5.02 Å². The lowest BCUT2D eigenvalue weighted by molar-refractivity contribution is -0.141. The summed E-state index contributed by atoms with van der Waals surface area (Å²) in [5, 5.41) is 3.53. The first-order valence-electron chi connectivity index (χ1n) is 5.98. The average Bonchev–Trinajstić information content (AvgIpc) is 2.40. The van der Waals surface area contributed by atoms with E-state index in [9.17, 15) is 13.2 Å². The van der Waals surface area contributed by atoms with Gasteiger partial charge in [0.1, 0.15) is 11.5 Å². The molecule has 0 aliphatic carbocycles. The SMILES string of the molecule is FC(F)(F)c1cccc(NCCc2ccc(Cl)cc2)n1. The van der Waals surface area contributed by atoms with Crippen LogP contribution >= 0.6 is 11.6 Å². The Bertz CT molecular complexity index is 567. The molecule has 0 fully saturated rings. The largest absolute Gasteiger partial charge is 0.433 e. The summed E-state index contributed by atoms with van der Waals surface area (Å²) in [6.45, 7) is 0.496. The summed E-state index contributed by atoms with van der Waals surface area (Å²) in [5.74, 6) is 0.216. The fourth-order valence-corrected chi connectivity index (χ4v) is 1.80. The van der Waals surface area contributed by atoms with E-state index in [0.717, 1.165) is 11.6 Å². The van der Waals surface area contributed by atoms with Crippen LogP contribution in [-0.4, -0.2) is 11.5 Å². The van der Waals surface area contributed by atoms with Gasteiger partial charge in [0.15, 0.2) is 0 Å². The van der Waals surface area contributed by atoms with Crippen LogP contribution in [0.15, 0.2) is 42.5 Å². The van der Waals surface area contributed by atoms with Gasteiger partial charge in [-0.05, 0) is 36.2 Å². The second-order valence-corrected chi connectivity index (χ2v) is 4.65. The number of hydrogen-bond acceptors (Lipinski definition) is 2. The Labute approximate surface area is 119 Å². The van der Waals surface area contributed by atoms with Crippen molar-refractivity contribution in [2.24, 2.45) is 0 Å². The molecule has 0 saturated carbocycles. The fraction of sp³-hybridized carbons (Fsp3) is 0.214. The van der Waals surface area contributed by atoms with Gasteiger partial charge in [0.05, 0.1) is 0 Å². The fourth-order valence-electron chi connectivity index (χ4n) is 1.68. The molecule has 106 valence electrons. The molecule has 0 radical (unpaired) electrons. The number of nitrogens with zero attached hydrogens (tertiary/aromatic N) is 1. The molecule has 1 heterocycles. The molecular weight excluding hydrogens is 289 g/mol. The van der Waals surface area contributed by atoms with Gasteiger partial charge in [0.2, 0.25) is 0 Å². The molecule has 20 heavy (non-hydrogen) atoms. The van der Waals surface area contributed by atoms with Crippen molar-refractivity contribution in [1.82, 2.24) is 4.98 Å². The molecule has 0 spiro atoms. The number of pyridine rings is 1. The summed E-state index contributed by atoms with van der Waals surface area (Å²) in [7, 11) is 0. The van der Waals surface area contributed by atoms with Gasteiger partial charge >= 0.3 is 6.18 Å². The van der Waals surface area contributed by atoms with Crippen molar-refractivity contribution < 1.29 is 13.2 Å². The van der Waals surface area contributed by atoms with E-state index >= 15 is 0 Å². The molecule has 0 atom stereocenters. The Morgan fingerprint density at radius 2 is 1.75 bits per heavy atom. The highest BCUT2D eigenvalue weighted by atomic mass is 35.5. The van der Waals surface area contributed by atoms with Gasteiger partial charge in [0, 0.05) is 11.6 Å². The molecule has 0 saturated heterocycles. The molecule has 1 N–H and O–H groups in total. The van der Waals surface area contributed by atoms with Gasteiger partial charge in [-0.3, -0.25) is 0 Å². The number of aromatic nitrogens is 1. The Morgan fingerprint density at radius 3 is 2.40 bits per heavy atom. The van der Waals surface area contributed by atoms with Crippen LogP contribution in [0, 0.1) is 0 Å². The summed E-state index contributed by atoms with van der Waals surface area (Å²) in [6, 6.07) is 11.1. The van der Waals surface area contributed by atoms with Crippen molar-refractivity contribution in [3.05, 3.63) is 58.7 Å². The normalized spacial score (nSPS) is 11.4. The molecule has 6 heteroatoms. The first kappa shape index (κ1) is 14.7. The molecule has 0 bridgehead atoms. The minimum absolute atomic E-state index is 0.216. The number of anilines is 1. The van der Waals surface area contributed by atoms with E-state index in [1.165, 1.54) is 12.1 Å². The third kappa shape index (κ3) is 4.13. The Kier molecular flexibility index (Phi) is 4.49. The van der Waals surface area contributed by atoms with E-state index in [2.05, 4.69) is 10.3 Å². The molecular formula is C14H12ClF3N2. The van der Waals surface area contributed by atoms with Crippen molar-refractivity contribution in [3.8, 4) is 0 Å². The molecule has 0 amide bonds. The molecule has 0 aliphatic heterocycles. The molecule has 0 aliphatic rings. The standard InChI is InChI=1S/C14H12ClF3N2/c15-11-6-4-10(5-7-11)8-9-19-13-3-1-2-12(20-13)14(16,17)18/h1-7H,8-9H2,(H,19,20). The Balaban J connectivity index is 1.93. The molecule has 2 nitrogen and oxygen atoms in total. The van der Waals surface area contributed by atoms with Crippen LogP contribution in [0.25, 0.3) is 0 Å². The van der Waals surface area contributed by atoms with Crippen molar-refractivity contribution >= 4 is 17.4 Å². The van der Waals surface area contributed by atoms with Crippen LogP contribution in [0.4, 0.5) is 19.0 Å². The molecule has 0 unspecified atom stereocenters. The maximum absolute atomic E-state index is 12.5. The number of halogens is 4. The molecule has 1 aromatic carbocycles. The first-order chi connectivity index (χ1) is 9.45. The zero-order valence-corrected chi connectivity index (χ0v) is 11.2. The van der Waals surface area contributed by atoms with Gasteiger partial charge in [-0.25, -0.2) is 4.98 Å².